The van der Waals surface area contributed by atoms with Gasteiger partial charge in [0.15, 0.2) is 0 Å². The maximum atomic E-state index is 11.4. The van der Waals surface area contributed by atoms with Crippen LogP contribution in [0.3, 0.4) is 0 Å². The summed E-state index contributed by atoms with van der Waals surface area (Å²) >= 11 is 5.93. The highest BCUT2D eigenvalue weighted by Crippen LogP contribution is 2.31. The number of carbonyl (C=O) groups is 1. The summed E-state index contributed by atoms with van der Waals surface area (Å²) < 4.78 is 0. The Hall–Kier alpha value is -0.820. The fourth-order valence-electron chi connectivity index (χ4n) is 2.31. The van der Waals surface area contributed by atoms with E-state index in [-0.39, 0.29) is 5.92 Å². The molecule has 1 saturated carbocycles. The Bertz CT molecular complexity index is 373. The summed E-state index contributed by atoms with van der Waals surface area (Å²) in [6.07, 6.45) is 2.77. The minimum Gasteiger partial charge on any atom is -0.299 e. The van der Waals surface area contributed by atoms with Crippen molar-refractivity contribution in [3.63, 3.8) is 0 Å². The van der Waals surface area contributed by atoms with E-state index in [0.29, 0.717) is 11.7 Å². The number of hydrogen-bond donors (Lipinski definition) is 0. The van der Waals surface area contributed by atoms with E-state index in [2.05, 4.69) is 6.07 Å². The molecule has 1 fully saturated rings. The third kappa shape index (κ3) is 2.40. The molecule has 1 aliphatic rings. The average Bonchev–Trinajstić information content (AvgIpc) is 2.50. The van der Waals surface area contributed by atoms with Crippen molar-refractivity contribution in [2.75, 3.05) is 0 Å². The Morgan fingerprint density at radius 2 is 2.27 bits per heavy atom. The quantitative estimate of drug-likeness (QED) is 0.749. The Kier molecular flexibility index (Phi) is 3.11. The largest absolute Gasteiger partial charge is 0.299 e. The highest BCUT2D eigenvalue weighted by atomic mass is 35.5. The number of Topliss-reactive ketones (excluding diaryl/α,β-unsaturated/α-hetero) is 1. The number of halogens is 1. The second kappa shape index (κ2) is 4.36. The van der Waals surface area contributed by atoms with Gasteiger partial charge in [0.05, 0.1) is 0 Å². The lowest BCUT2D eigenvalue weighted by molar-refractivity contribution is -0.120. The molecule has 15 heavy (non-hydrogen) atoms. The van der Waals surface area contributed by atoms with Gasteiger partial charge in [-0.15, -0.1) is 0 Å². The molecule has 0 saturated heterocycles. The third-order valence-corrected chi connectivity index (χ3v) is 3.60. The Morgan fingerprint density at radius 3 is 2.87 bits per heavy atom. The molecule has 0 heterocycles. The summed E-state index contributed by atoms with van der Waals surface area (Å²) in [4.78, 5) is 11.4. The average molecular weight is 223 g/mol. The van der Waals surface area contributed by atoms with Gasteiger partial charge in [-0.25, -0.2) is 0 Å². The summed E-state index contributed by atoms with van der Waals surface area (Å²) in [6.45, 7) is 2.05. The topological polar surface area (TPSA) is 17.1 Å². The fourth-order valence-corrected chi connectivity index (χ4v) is 2.53. The van der Waals surface area contributed by atoms with E-state index >= 15 is 0 Å². The van der Waals surface area contributed by atoms with Crippen molar-refractivity contribution in [3.8, 4) is 0 Å². The predicted octanol–water partition coefficient (Wildman–Crippen LogP) is 3.50. The van der Waals surface area contributed by atoms with Gasteiger partial charge in [0.2, 0.25) is 0 Å². The van der Waals surface area contributed by atoms with Crippen LogP contribution < -0.4 is 0 Å². The van der Waals surface area contributed by atoms with E-state index in [1.54, 1.807) is 0 Å². The first-order valence-electron chi connectivity index (χ1n) is 5.44. The number of carbonyl (C=O) groups excluding carboxylic acids is 1. The van der Waals surface area contributed by atoms with E-state index in [1.807, 2.05) is 25.1 Å². The molecule has 0 spiro atoms. The van der Waals surface area contributed by atoms with Gasteiger partial charge in [-0.1, -0.05) is 30.7 Å². The zero-order valence-electron chi connectivity index (χ0n) is 8.87. The third-order valence-electron chi connectivity index (χ3n) is 3.36. The van der Waals surface area contributed by atoms with Gasteiger partial charge in [0.1, 0.15) is 5.78 Å². The van der Waals surface area contributed by atoms with Gasteiger partial charge >= 0.3 is 0 Å². The van der Waals surface area contributed by atoms with Gasteiger partial charge in [0.25, 0.3) is 0 Å². The summed E-state index contributed by atoms with van der Waals surface area (Å²) in [5, 5.41) is 0.782. The highest BCUT2D eigenvalue weighted by Gasteiger charge is 2.30. The molecule has 80 valence electrons. The molecule has 2 heteroatoms. The molecule has 1 aromatic carbocycles. The molecule has 1 nitrogen and oxygen atoms in total. The fraction of sp³-hybridized carbons (Fsp3) is 0.462. The molecule has 0 radical (unpaired) electrons. The molecule has 0 bridgehead atoms. The molecular formula is C13H15ClO. The van der Waals surface area contributed by atoms with Crippen molar-refractivity contribution in [1.29, 1.82) is 0 Å². The van der Waals surface area contributed by atoms with Crippen LogP contribution >= 0.6 is 11.6 Å². The van der Waals surface area contributed by atoms with Crippen molar-refractivity contribution in [3.05, 3.63) is 34.9 Å². The first-order chi connectivity index (χ1) is 7.16. The predicted molar refractivity (Wildman–Crippen MR) is 62.1 cm³/mol. The van der Waals surface area contributed by atoms with Crippen LogP contribution in [0.2, 0.25) is 5.02 Å². The molecule has 0 N–H and O–H groups in total. The number of benzene rings is 1. The molecule has 1 aromatic rings. The summed E-state index contributed by atoms with van der Waals surface area (Å²) in [6, 6.07) is 7.94. The Balaban J connectivity index is 2.06. The molecule has 0 amide bonds. The maximum absolute atomic E-state index is 11.4. The standard InChI is InChI=1S/C13H15ClO/c1-9-11(5-6-13(9)15)7-10-3-2-4-12(14)8-10/h2-4,8-9,11H,5-7H2,1H3. The van der Waals surface area contributed by atoms with Crippen molar-refractivity contribution >= 4 is 17.4 Å². The summed E-state index contributed by atoms with van der Waals surface area (Å²) in [5.74, 6) is 1.15. The minimum absolute atomic E-state index is 0.226. The zero-order chi connectivity index (χ0) is 10.8. The van der Waals surface area contributed by atoms with Crippen molar-refractivity contribution in [2.24, 2.45) is 11.8 Å². The van der Waals surface area contributed by atoms with Gasteiger partial charge in [-0.2, -0.15) is 0 Å². The monoisotopic (exact) mass is 222 g/mol. The number of hydrogen-bond acceptors (Lipinski definition) is 1. The lowest BCUT2D eigenvalue weighted by atomic mass is 9.91. The second-order valence-electron chi connectivity index (χ2n) is 4.39. The number of rotatable bonds is 2. The van der Waals surface area contributed by atoms with Crippen LogP contribution in [0.25, 0.3) is 0 Å². The van der Waals surface area contributed by atoms with Crippen molar-refractivity contribution in [1.82, 2.24) is 0 Å². The molecule has 0 aromatic heterocycles. The van der Waals surface area contributed by atoms with Crippen molar-refractivity contribution in [2.45, 2.75) is 26.2 Å². The van der Waals surface area contributed by atoms with E-state index < -0.39 is 0 Å². The van der Waals surface area contributed by atoms with Crippen LogP contribution in [-0.4, -0.2) is 5.78 Å². The van der Waals surface area contributed by atoms with Crippen LogP contribution in [0.15, 0.2) is 24.3 Å². The molecule has 1 aliphatic carbocycles. The Labute approximate surface area is 95.4 Å². The SMILES string of the molecule is CC1C(=O)CCC1Cc1cccc(Cl)c1. The molecule has 2 rings (SSSR count). The van der Waals surface area contributed by atoms with E-state index in [4.69, 9.17) is 11.6 Å². The number of ketones is 1. The Morgan fingerprint density at radius 1 is 1.47 bits per heavy atom. The molecule has 2 unspecified atom stereocenters. The van der Waals surface area contributed by atoms with Gasteiger partial charge in [0, 0.05) is 17.4 Å². The van der Waals surface area contributed by atoms with E-state index in [0.717, 1.165) is 24.3 Å². The highest BCUT2D eigenvalue weighted by molar-refractivity contribution is 6.30. The van der Waals surface area contributed by atoms with Crippen LogP contribution in [0.4, 0.5) is 0 Å². The maximum Gasteiger partial charge on any atom is 0.135 e. The second-order valence-corrected chi connectivity index (χ2v) is 4.82. The van der Waals surface area contributed by atoms with Crippen LogP contribution in [-0.2, 0) is 11.2 Å². The summed E-state index contributed by atoms with van der Waals surface area (Å²) in [7, 11) is 0. The lowest BCUT2D eigenvalue weighted by Crippen LogP contribution is -2.12. The van der Waals surface area contributed by atoms with Gasteiger partial charge in [-0.3, -0.25) is 4.79 Å². The lowest BCUT2D eigenvalue weighted by Gasteiger charge is -2.13. The van der Waals surface area contributed by atoms with Crippen molar-refractivity contribution < 1.29 is 4.79 Å². The van der Waals surface area contributed by atoms with Crippen LogP contribution in [0.1, 0.15) is 25.3 Å². The van der Waals surface area contributed by atoms with Gasteiger partial charge in [-0.05, 0) is 36.5 Å². The van der Waals surface area contributed by atoms with Crippen LogP contribution in [0, 0.1) is 11.8 Å². The normalized spacial score (nSPS) is 25.9. The smallest absolute Gasteiger partial charge is 0.135 e. The van der Waals surface area contributed by atoms with Gasteiger partial charge < -0.3 is 0 Å². The zero-order valence-corrected chi connectivity index (χ0v) is 9.63. The minimum atomic E-state index is 0.226. The first kappa shape index (κ1) is 10.7. The van der Waals surface area contributed by atoms with E-state index in [1.165, 1.54) is 5.56 Å². The van der Waals surface area contributed by atoms with Crippen LogP contribution in [0.5, 0.6) is 0 Å². The molecule has 2 atom stereocenters. The molecular weight excluding hydrogens is 208 g/mol. The molecule has 0 aliphatic heterocycles. The van der Waals surface area contributed by atoms with E-state index in [9.17, 15) is 4.79 Å². The first-order valence-corrected chi connectivity index (χ1v) is 5.82. The summed E-state index contributed by atoms with van der Waals surface area (Å²) in [5.41, 5.74) is 1.24.